The molecule has 100 valence electrons. The molecule has 1 aromatic carbocycles. The lowest BCUT2D eigenvalue weighted by Crippen LogP contribution is -2.36. The summed E-state index contributed by atoms with van der Waals surface area (Å²) < 4.78 is 0. The predicted molar refractivity (Wildman–Crippen MR) is 79.1 cm³/mol. The maximum atomic E-state index is 5.98. The number of likely N-dealkylation sites (tertiary alicyclic amines) is 1. The van der Waals surface area contributed by atoms with E-state index in [0.29, 0.717) is 6.04 Å². The maximum Gasteiger partial charge on any atom is 0.0406 e. The van der Waals surface area contributed by atoms with E-state index in [1.54, 1.807) is 0 Å². The van der Waals surface area contributed by atoms with Crippen LogP contribution in [0.2, 0.25) is 5.02 Å². The van der Waals surface area contributed by atoms with Gasteiger partial charge in [0.25, 0.3) is 0 Å². The molecule has 0 aromatic heterocycles. The van der Waals surface area contributed by atoms with Crippen LogP contribution in [-0.2, 0) is 0 Å². The van der Waals surface area contributed by atoms with E-state index in [4.69, 9.17) is 11.6 Å². The van der Waals surface area contributed by atoms with Crippen molar-refractivity contribution in [1.82, 2.24) is 4.90 Å². The second kappa shape index (κ2) is 6.58. The van der Waals surface area contributed by atoms with Crippen molar-refractivity contribution < 1.29 is 0 Å². The number of hydrogen-bond donors (Lipinski definition) is 0. The van der Waals surface area contributed by atoms with E-state index in [1.165, 1.54) is 44.3 Å². The molecule has 1 unspecified atom stereocenters. The van der Waals surface area contributed by atoms with E-state index in [-0.39, 0.29) is 0 Å². The molecule has 0 radical (unpaired) electrons. The zero-order valence-corrected chi connectivity index (χ0v) is 12.3. The number of nitrogens with zero attached hydrogens (tertiary/aromatic N) is 1. The van der Waals surface area contributed by atoms with Gasteiger partial charge in [-0.2, -0.15) is 0 Å². The Balaban J connectivity index is 2.09. The molecule has 1 atom stereocenters. The van der Waals surface area contributed by atoms with Gasteiger partial charge in [-0.3, -0.25) is 4.90 Å². The van der Waals surface area contributed by atoms with Crippen molar-refractivity contribution in [1.29, 1.82) is 0 Å². The zero-order valence-electron chi connectivity index (χ0n) is 11.5. The van der Waals surface area contributed by atoms with Gasteiger partial charge in [0.05, 0.1) is 0 Å². The SMILES string of the molecule is CCCC(c1ccc(Cl)cc1)N1CCC(C)CC1. The summed E-state index contributed by atoms with van der Waals surface area (Å²) in [6.07, 6.45) is 5.16. The molecule has 1 fully saturated rings. The Morgan fingerprint density at radius 3 is 2.39 bits per heavy atom. The lowest BCUT2D eigenvalue weighted by molar-refractivity contribution is 0.131. The first-order valence-electron chi connectivity index (χ1n) is 7.20. The van der Waals surface area contributed by atoms with Gasteiger partial charge >= 0.3 is 0 Å². The lowest BCUT2D eigenvalue weighted by Gasteiger charge is -2.37. The molecule has 18 heavy (non-hydrogen) atoms. The van der Waals surface area contributed by atoms with E-state index in [0.717, 1.165) is 10.9 Å². The molecule has 2 rings (SSSR count). The van der Waals surface area contributed by atoms with Crippen molar-refractivity contribution in [3.63, 3.8) is 0 Å². The first kappa shape index (κ1) is 13.9. The van der Waals surface area contributed by atoms with Gasteiger partial charge in [0, 0.05) is 11.1 Å². The Labute approximate surface area is 116 Å². The van der Waals surface area contributed by atoms with Gasteiger partial charge in [-0.05, 0) is 56.0 Å². The molecule has 0 saturated carbocycles. The highest BCUT2D eigenvalue weighted by Crippen LogP contribution is 2.30. The van der Waals surface area contributed by atoms with E-state index in [9.17, 15) is 0 Å². The summed E-state index contributed by atoms with van der Waals surface area (Å²) in [6.45, 7) is 7.13. The lowest BCUT2D eigenvalue weighted by atomic mass is 9.94. The fraction of sp³-hybridized carbons (Fsp3) is 0.625. The number of halogens is 1. The summed E-state index contributed by atoms with van der Waals surface area (Å²) in [4.78, 5) is 2.66. The van der Waals surface area contributed by atoms with E-state index < -0.39 is 0 Å². The minimum Gasteiger partial charge on any atom is -0.296 e. The van der Waals surface area contributed by atoms with Crippen molar-refractivity contribution in [3.05, 3.63) is 34.9 Å². The van der Waals surface area contributed by atoms with Gasteiger partial charge < -0.3 is 0 Å². The summed E-state index contributed by atoms with van der Waals surface area (Å²) >= 11 is 5.98. The van der Waals surface area contributed by atoms with Crippen LogP contribution in [0.3, 0.4) is 0 Å². The predicted octanol–water partition coefficient (Wildman–Crippen LogP) is 4.91. The van der Waals surface area contributed by atoms with E-state index in [1.807, 2.05) is 12.1 Å². The quantitative estimate of drug-likeness (QED) is 0.747. The van der Waals surface area contributed by atoms with Gasteiger partial charge in [-0.25, -0.2) is 0 Å². The van der Waals surface area contributed by atoms with Crippen molar-refractivity contribution >= 4 is 11.6 Å². The fourth-order valence-electron chi connectivity index (χ4n) is 2.86. The Morgan fingerprint density at radius 1 is 1.22 bits per heavy atom. The minimum atomic E-state index is 0.583. The molecule has 0 N–H and O–H groups in total. The van der Waals surface area contributed by atoms with Crippen molar-refractivity contribution in [2.45, 2.75) is 45.6 Å². The summed E-state index contributed by atoms with van der Waals surface area (Å²) in [6, 6.07) is 9.01. The third-order valence-corrected chi connectivity index (χ3v) is 4.33. The highest BCUT2D eigenvalue weighted by molar-refractivity contribution is 6.30. The third kappa shape index (κ3) is 3.49. The van der Waals surface area contributed by atoms with Crippen LogP contribution in [0.15, 0.2) is 24.3 Å². The van der Waals surface area contributed by atoms with Crippen LogP contribution in [0.1, 0.15) is 51.1 Å². The number of rotatable bonds is 4. The molecule has 1 nitrogen and oxygen atoms in total. The summed E-state index contributed by atoms with van der Waals surface area (Å²) in [5.41, 5.74) is 1.43. The van der Waals surface area contributed by atoms with Crippen LogP contribution in [0.4, 0.5) is 0 Å². The summed E-state index contributed by atoms with van der Waals surface area (Å²) in [5, 5.41) is 0.835. The largest absolute Gasteiger partial charge is 0.296 e. The Kier molecular flexibility index (Phi) is 5.08. The highest BCUT2D eigenvalue weighted by atomic mass is 35.5. The standard InChI is InChI=1S/C16H24ClN/c1-3-4-16(14-5-7-15(17)8-6-14)18-11-9-13(2)10-12-18/h5-8,13,16H,3-4,9-12H2,1-2H3. The van der Waals surface area contributed by atoms with Crippen LogP contribution < -0.4 is 0 Å². The normalized spacial score (nSPS) is 19.9. The van der Waals surface area contributed by atoms with Gasteiger partial charge in [0.15, 0.2) is 0 Å². The first-order chi connectivity index (χ1) is 8.70. The van der Waals surface area contributed by atoms with Crippen LogP contribution in [0.5, 0.6) is 0 Å². The zero-order chi connectivity index (χ0) is 13.0. The first-order valence-corrected chi connectivity index (χ1v) is 7.58. The van der Waals surface area contributed by atoms with Crippen molar-refractivity contribution in [3.8, 4) is 0 Å². The number of hydrogen-bond acceptors (Lipinski definition) is 1. The second-order valence-corrected chi connectivity index (χ2v) is 6.01. The topological polar surface area (TPSA) is 3.24 Å². The van der Waals surface area contributed by atoms with Crippen LogP contribution in [0, 0.1) is 5.92 Å². The molecular formula is C16H24ClN. The average molecular weight is 266 g/mol. The molecule has 1 heterocycles. The molecule has 0 bridgehead atoms. The summed E-state index contributed by atoms with van der Waals surface area (Å²) in [7, 11) is 0. The van der Waals surface area contributed by atoms with Crippen LogP contribution in [0.25, 0.3) is 0 Å². The average Bonchev–Trinajstić information content (AvgIpc) is 2.39. The molecule has 1 saturated heterocycles. The van der Waals surface area contributed by atoms with Crippen molar-refractivity contribution in [2.24, 2.45) is 5.92 Å². The smallest absolute Gasteiger partial charge is 0.0406 e. The molecular weight excluding hydrogens is 242 g/mol. The van der Waals surface area contributed by atoms with Crippen LogP contribution in [-0.4, -0.2) is 18.0 Å². The molecule has 1 aliphatic heterocycles. The number of piperidine rings is 1. The van der Waals surface area contributed by atoms with Gasteiger partial charge in [-0.1, -0.05) is 44.0 Å². The Morgan fingerprint density at radius 2 is 1.83 bits per heavy atom. The van der Waals surface area contributed by atoms with E-state index in [2.05, 4.69) is 30.9 Å². The molecule has 0 amide bonds. The molecule has 1 aliphatic rings. The monoisotopic (exact) mass is 265 g/mol. The fourth-order valence-corrected chi connectivity index (χ4v) is 2.98. The number of benzene rings is 1. The Bertz CT molecular complexity index is 352. The minimum absolute atomic E-state index is 0.583. The maximum absolute atomic E-state index is 5.98. The third-order valence-electron chi connectivity index (χ3n) is 4.08. The van der Waals surface area contributed by atoms with Crippen LogP contribution >= 0.6 is 11.6 Å². The summed E-state index contributed by atoms with van der Waals surface area (Å²) in [5.74, 6) is 0.897. The molecule has 1 aromatic rings. The van der Waals surface area contributed by atoms with Gasteiger partial charge in [0.2, 0.25) is 0 Å². The van der Waals surface area contributed by atoms with E-state index >= 15 is 0 Å². The molecule has 0 spiro atoms. The van der Waals surface area contributed by atoms with Gasteiger partial charge in [0.1, 0.15) is 0 Å². The molecule has 0 aliphatic carbocycles. The second-order valence-electron chi connectivity index (χ2n) is 5.57. The van der Waals surface area contributed by atoms with Gasteiger partial charge in [-0.15, -0.1) is 0 Å². The molecule has 2 heteroatoms. The Hall–Kier alpha value is -0.530. The van der Waals surface area contributed by atoms with Crippen molar-refractivity contribution in [2.75, 3.05) is 13.1 Å². The highest BCUT2D eigenvalue weighted by Gasteiger charge is 2.23.